The largest absolute Gasteiger partial charge is 0.383 e. The number of anilines is 3. The van der Waals surface area contributed by atoms with Gasteiger partial charge < -0.3 is 25.0 Å². The number of pyridine rings is 1. The van der Waals surface area contributed by atoms with E-state index in [4.69, 9.17) is 15.2 Å². The molecule has 0 aliphatic carbocycles. The lowest BCUT2D eigenvalue weighted by Gasteiger charge is -2.34. The minimum absolute atomic E-state index is 0.0812. The van der Waals surface area contributed by atoms with Crippen LogP contribution in [0.4, 0.5) is 26.5 Å². The maximum absolute atomic E-state index is 13.3. The van der Waals surface area contributed by atoms with Crippen molar-refractivity contribution in [2.45, 2.75) is 19.4 Å². The van der Waals surface area contributed by atoms with Gasteiger partial charge >= 0.3 is 0 Å². The molecule has 0 spiro atoms. The molecule has 0 amide bonds. The maximum Gasteiger partial charge on any atom is 0.267 e. The third-order valence-electron chi connectivity index (χ3n) is 4.97. The summed E-state index contributed by atoms with van der Waals surface area (Å²) >= 11 is 0. The fourth-order valence-electron chi connectivity index (χ4n) is 3.33. The van der Waals surface area contributed by atoms with Gasteiger partial charge in [0.2, 0.25) is 11.9 Å². The normalized spacial score (nSPS) is 20.3. The number of aromatic nitrogens is 4. The Balaban J connectivity index is 1.78. The monoisotopic (exact) mass is 407 g/mol. The molecule has 2 aromatic rings. The number of hydrogen-bond donors (Lipinski definition) is 1. The summed E-state index contributed by atoms with van der Waals surface area (Å²) in [6.45, 7) is 6.22. The van der Waals surface area contributed by atoms with E-state index in [1.54, 1.807) is 0 Å². The van der Waals surface area contributed by atoms with Crippen LogP contribution in [-0.4, -0.2) is 72.0 Å². The Morgan fingerprint density at radius 2 is 1.79 bits per heavy atom. The zero-order valence-corrected chi connectivity index (χ0v) is 16.1. The Hall–Kier alpha value is -2.66. The van der Waals surface area contributed by atoms with Crippen LogP contribution in [0.2, 0.25) is 0 Å². The van der Waals surface area contributed by atoms with E-state index < -0.39 is 6.43 Å². The standard InChI is InChI=1S/C18H23F2N7O2/c1-11-10-29-7-4-27(11)18-24-16(12-8-13(14(19)20)15(21)22-9-12)23-17(25-18)26-2-5-28-6-3-26/h8-9,11,14H,2-7,10H2,1H3,(H2,21,22). The number of halogens is 2. The lowest BCUT2D eigenvalue weighted by Crippen LogP contribution is -2.45. The van der Waals surface area contributed by atoms with Gasteiger partial charge in [0.15, 0.2) is 5.82 Å². The van der Waals surface area contributed by atoms with E-state index in [1.807, 2.05) is 16.7 Å². The van der Waals surface area contributed by atoms with Gasteiger partial charge in [-0.1, -0.05) is 0 Å². The average Bonchev–Trinajstić information content (AvgIpc) is 2.74. The zero-order valence-electron chi connectivity index (χ0n) is 16.1. The Bertz CT molecular complexity index is 864. The van der Waals surface area contributed by atoms with Crippen LogP contribution in [0, 0.1) is 0 Å². The van der Waals surface area contributed by atoms with E-state index in [2.05, 4.69) is 19.9 Å². The highest BCUT2D eigenvalue weighted by molar-refractivity contribution is 5.61. The molecule has 9 nitrogen and oxygen atoms in total. The molecule has 2 saturated heterocycles. The second kappa shape index (κ2) is 8.37. The highest BCUT2D eigenvalue weighted by Gasteiger charge is 2.25. The van der Waals surface area contributed by atoms with Gasteiger partial charge in [-0.25, -0.2) is 13.8 Å². The molecule has 1 atom stereocenters. The number of ether oxygens (including phenoxy) is 2. The Kier molecular flexibility index (Phi) is 5.67. The van der Waals surface area contributed by atoms with Gasteiger partial charge in [0.1, 0.15) is 5.82 Å². The van der Waals surface area contributed by atoms with E-state index in [0.717, 1.165) is 0 Å². The number of rotatable bonds is 4. The van der Waals surface area contributed by atoms with Crippen molar-refractivity contribution >= 4 is 17.7 Å². The van der Waals surface area contributed by atoms with Crippen molar-refractivity contribution in [1.82, 2.24) is 19.9 Å². The van der Waals surface area contributed by atoms with Crippen LogP contribution in [0.15, 0.2) is 12.3 Å². The summed E-state index contributed by atoms with van der Waals surface area (Å²) in [5, 5.41) is 0. The molecule has 156 valence electrons. The zero-order chi connectivity index (χ0) is 20.4. The molecule has 0 aromatic carbocycles. The van der Waals surface area contributed by atoms with Crippen LogP contribution in [0.5, 0.6) is 0 Å². The van der Waals surface area contributed by atoms with E-state index >= 15 is 0 Å². The summed E-state index contributed by atoms with van der Waals surface area (Å²) in [5.74, 6) is 1.06. The number of alkyl halides is 2. The van der Waals surface area contributed by atoms with E-state index in [-0.39, 0.29) is 23.2 Å². The number of nitrogen functional groups attached to an aromatic ring is 1. The second-order valence-corrected chi connectivity index (χ2v) is 6.97. The molecule has 1 unspecified atom stereocenters. The number of hydrogen-bond acceptors (Lipinski definition) is 9. The molecule has 0 saturated carbocycles. The van der Waals surface area contributed by atoms with Crippen LogP contribution in [-0.2, 0) is 9.47 Å². The van der Waals surface area contributed by atoms with Crippen LogP contribution in [0.25, 0.3) is 11.4 Å². The van der Waals surface area contributed by atoms with Gasteiger partial charge in [-0.15, -0.1) is 0 Å². The molecule has 0 radical (unpaired) electrons. The number of nitrogens with two attached hydrogens (primary N) is 1. The van der Waals surface area contributed by atoms with Crippen molar-refractivity contribution in [2.75, 3.05) is 61.6 Å². The predicted octanol–water partition coefficient (Wildman–Crippen LogP) is 1.52. The summed E-state index contributed by atoms with van der Waals surface area (Å²) in [5.41, 5.74) is 5.62. The third-order valence-corrected chi connectivity index (χ3v) is 4.97. The molecule has 11 heteroatoms. The molecule has 2 aliphatic rings. The minimum Gasteiger partial charge on any atom is -0.383 e. The first-order valence-electron chi connectivity index (χ1n) is 9.50. The van der Waals surface area contributed by atoms with Crippen molar-refractivity contribution in [1.29, 1.82) is 0 Å². The van der Waals surface area contributed by atoms with Crippen molar-refractivity contribution in [3.63, 3.8) is 0 Å². The van der Waals surface area contributed by atoms with Gasteiger partial charge in [0.25, 0.3) is 6.43 Å². The highest BCUT2D eigenvalue weighted by Crippen LogP contribution is 2.29. The molecule has 29 heavy (non-hydrogen) atoms. The van der Waals surface area contributed by atoms with Gasteiger partial charge in [-0.2, -0.15) is 15.0 Å². The van der Waals surface area contributed by atoms with Crippen molar-refractivity contribution in [3.8, 4) is 11.4 Å². The fraction of sp³-hybridized carbons (Fsp3) is 0.556. The summed E-state index contributed by atoms with van der Waals surface area (Å²) in [6, 6.07) is 1.37. The SMILES string of the molecule is CC1COCCN1c1nc(-c2cnc(N)c(C(F)F)c2)nc(N2CCOCC2)n1. The summed E-state index contributed by atoms with van der Waals surface area (Å²) in [7, 11) is 0. The average molecular weight is 407 g/mol. The van der Waals surface area contributed by atoms with Gasteiger partial charge in [-0.05, 0) is 13.0 Å². The third kappa shape index (κ3) is 4.20. The van der Waals surface area contributed by atoms with Crippen LogP contribution in [0.3, 0.4) is 0 Å². The minimum atomic E-state index is -2.73. The molecular formula is C18H23F2N7O2. The Morgan fingerprint density at radius 1 is 1.07 bits per heavy atom. The summed E-state index contributed by atoms with van der Waals surface area (Å²) in [4.78, 5) is 21.7. The molecule has 4 rings (SSSR count). The second-order valence-electron chi connectivity index (χ2n) is 6.97. The molecule has 2 aliphatic heterocycles. The van der Waals surface area contributed by atoms with E-state index in [9.17, 15) is 8.78 Å². The first kappa shape index (κ1) is 19.6. The maximum atomic E-state index is 13.3. The van der Waals surface area contributed by atoms with Crippen molar-refractivity contribution in [2.24, 2.45) is 0 Å². The smallest absolute Gasteiger partial charge is 0.267 e. The summed E-state index contributed by atoms with van der Waals surface area (Å²) in [6.07, 6.45) is -1.33. The molecule has 2 fully saturated rings. The number of nitrogens with zero attached hydrogens (tertiary/aromatic N) is 6. The van der Waals surface area contributed by atoms with Crippen LogP contribution >= 0.6 is 0 Å². The molecule has 4 heterocycles. The van der Waals surface area contributed by atoms with Crippen LogP contribution < -0.4 is 15.5 Å². The molecule has 2 aromatic heterocycles. The highest BCUT2D eigenvalue weighted by atomic mass is 19.3. The topological polar surface area (TPSA) is 103 Å². The molecule has 0 bridgehead atoms. The Labute approximate surface area is 166 Å². The fourth-order valence-corrected chi connectivity index (χ4v) is 3.33. The first-order chi connectivity index (χ1) is 14.0. The van der Waals surface area contributed by atoms with Gasteiger partial charge in [-0.3, -0.25) is 0 Å². The lowest BCUT2D eigenvalue weighted by atomic mass is 10.2. The van der Waals surface area contributed by atoms with Crippen molar-refractivity contribution in [3.05, 3.63) is 17.8 Å². The molecular weight excluding hydrogens is 384 g/mol. The molecule has 2 N–H and O–H groups in total. The van der Waals surface area contributed by atoms with E-state index in [0.29, 0.717) is 63.5 Å². The Morgan fingerprint density at radius 3 is 2.52 bits per heavy atom. The van der Waals surface area contributed by atoms with Crippen LogP contribution in [0.1, 0.15) is 18.9 Å². The predicted molar refractivity (Wildman–Crippen MR) is 103 cm³/mol. The lowest BCUT2D eigenvalue weighted by molar-refractivity contribution is 0.0980. The first-order valence-corrected chi connectivity index (χ1v) is 9.50. The number of morpholine rings is 2. The summed E-state index contributed by atoms with van der Waals surface area (Å²) < 4.78 is 37.5. The van der Waals surface area contributed by atoms with Gasteiger partial charge in [0.05, 0.1) is 38.0 Å². The quantitative estimate of drug-likeness (QED) is 0.808. The van der Waals surface area contributed by atoms with E-state index in [1.165, 1.54) is 12.3 Å². The van der Waals surface area contributed by atoms with Gasteiger partial charge in [0, 0.05) is 31.4 Å². The van der Waals surface area contributed by atoms with Crippen molar-refractivity contribution < 1.29 is 18.3 Å².